The van der Waals surface area contributed by atoms with Crippen molar-refractivity contribution in [2.24, 2.45) is 5.92 Å². The number of piperidine rings is 1. The SMILES string of the molecule is O=C(C1CCC1)N1CCC2(CC1)CN(Cc1ccc(Cl)c(Cl)c1)c1ccccc12. The van der Waals surface area contributed by atoms with Crippen molar-refractivity contribution in [3.05, 3.63) is 63.6 Å². The fourth-order valence-electron chi connectivity index (χ4n) is 5.23. The van der Waals surface area contributed by atoms with Gasteiger partial charge in [-0.1, -0.05) is 53.9 Å². The molecular weight excluding hydrogens is 403 g/mol. The number of hydrogen-bond donors (Lipinski definition) is 0. The Labute approximate surface area is 182 Å². The maximum Gasteiger partial charge on any atom is 0.225 e. The Morgan fingerprint density at radius 3 is 2.48 bits per heavy atom. The van der Waals surface area contributed by atoms with Crippen LogP contribution < -0.4 is 4.90 Å². The molecular formula is C24H26Cl2N2O. The van der Waals surface area contributed by atoms with E-state index in [0.717, 1.165) is 51.9 Å². The second kappa shape index (κ2) is 7.52. The molecule has 5 heteroatoms. The van der Waals surface area contributed by atoms with E-state index >= 15 is 0 Å². The van der Waals surface area contributed by atoms with Crippen molar-refractivity contribution >= 4 is 34.8 Å². The Hall–Kier alpha value is -1.71. The first kappa shape index (κ1) is 19.3. The molecule has 1 amide bonds. The average Bonchev–Trinajstić information content (AvgIpc) is 2.97. The first-order valence-electron chi connectivity index (χ1n) is 10.6. The first-order valence-corrected chi connectivity index (χ1v) is 11.4. The summed E-state index contributed by atoms with van der Waals surface area (Å²) in [4.78, 5) is 17.3. The molecule has 1 saturated heterocycles. The summed E-state index contributed by atoms with van der Waals surface area (Å²) in [6.07, 6.45) is 5.47. The number of likely N-dealkylation sites (tertiary alicyclic amines) is 1. The van der Waals surface area contributed by atoms with E-state index in [4.69, 9.17) is 23.2 Å². The largest absolute Gasteiger partial charge is 0.366 e. The third-order valence-electron chi connectivity index (χ3n) is 7.15. The van der Waals surface area contributed by atoms with Crippen molar-refractivity contribution in [1.82, 2.24) is 4.90 Å². The molecule has 1 aliphatic carbocycles. The van der Waals surface area contributed by atoms with Crippen LogP contribution in [0.2, 0.25) is 10.0 Å². The molecule has 3 aliphatic rings. The van der Waals surface area contributed by atoms with E-state index in [9.17, 15) is 4.79 Å². The van der Waals surface area contributed by atoms with Gasteiger partial charge in [0.1, 0.15) is 0 Å². The van der Waals surface area contributed by atoms with Gasteiger partial charge in [-0.05, 0) is 55.0 Å². The number of carbonyl (C=O) groups is 1. The minimum atomic E-state index is 0.142. The Morgan fingerprint density at radius 1 is 1.03 bits per heavy atom. The predicted molar refractivity (Wildman–Crippen MR) is 119 cm³/mol. The van der Waals surface area contributed by atoms with Crippen molar-refractivity contribution < 1.29 is 4.79 Å². The van der Waals surface area contributed by atoms with Gasteiger partial charge in [0.25, 0.3) is 0 Å². The normalized spacial score (nSPS) is 20.6. The van der Waals surface area contributed by atoms with Gasteiger partial charge in [0.2, 0.25) is 5.91 Å². The van der Waals surface area contributed by atoms with Gasteiger partial charge in [0.15, 0.2) is 0 Å². The van der Waals surface area contributed by atoms with Gasteiger partial charge in [-0.25, -0.2) is 0 Å². The highest BCUT2D eigenvalue weighted by Crippen LogP contribution is 2.47. The van der Waals surface area contributed by atoms with Crippen LogP contribution in [0.15, 0.2) is 42.5 Å². The van der Waals surface area contributed by atoms with Crippen LogP contribution in [-0.2, 0) is 16.8 Å². The third kappa shape index (κ3) is 3.43. The third-order valence-corrected chi connectivity index (χ3v) is 7.89. The van der Waals surface area contributed by atoms with Crippen LogP contribution in [-0.4, -0.2) is 30.4 Å². The maximum absolute atomic E-state index is 12.7. The lowest BCUT2D eigenvalue weighted by Crippen LogP contribution is -2.49. The zero-order chi connectivity index (χ0) is 20.0. The number of anilines is 1. The Balaban J connectivity index is 1.35. The molecule has 2 aliphatic heterocycles. The summed E-state index contributed by atoms with van der Waals surface area (Å²) in [5.41, 5.74) is 4.07. The number of halogens is 2. The zero-order valence-corrected chi connectivity index (χ0v) is 18.1. The molecule has 3 nitrogen and oxygen atoms in total. The molecule has 0 unspecified atom stereocenters. The monoisotopic (exact) mass is 428 g/mol. The maximum atomic E-state index is 12.7. The van der Waals surface area contributed by atoms with Crippen LogP contribution in [0.5, 0.6) is 0 Å². The number of carbonyl (C=O) groups excluding carboxylic acids is 1. The van der Waals surface area contributed by atoms with Crippen molar-refractivity contribution in [1.29, 1.82) is 0 Å². The molecule has 1 spiro atoms. The van der Waals surface area contributed by atoms with Crippen molar-refractivity contribution in [3.63, 3.8) is 0 Å². The average molecular weight is 429 g/mol. The fourth-order valence-corrected chi connectivity index (χ4v) is 5.55. The van der Waals surface area contributed by atoms with E-state index in [1.54, 1.807) is 0 Å². The van der Waals surface area contributed by atoms with Crippen LogP contribution >= 0.6 is 23.2 Å². The van der Waals surface area contributed by atoms with Crippen LogP contribution in [0.1, 0.15) is 43.2 Å². The molecule has 0 radical (unpaired) electrons. The van der Waals surface area contributed by atoms with E-state index in [2.05, 4.69) is 40.1 Å². The topological polar surface area (TPSA) is 23.6 Å². The number of nitrogens with zero attached hydrogens (tertiary/aromatic N) is 2. The lowest BCUT2D eigenvalue weighted by atomic mass is 9.73. The van der Waals surface area contributed by atoms with Crippen molar-refractivity contribution in [2.75, 3.05) is 24.5 Å². The van der Waals surface area contributed by atoms with Gasteiger partial charge in [-0.2, -0.15) is 0 Å². The van der Waals surface area contributed by atoms with E-state index in [1.165, 1.54) is 23.2 Å². The van der Waals surface area contributed by atoms with E-state index in [1.807, 2.05) is 12.1 Å². The number of hydrogen-bond acceptors (Lipinski definition) is 2. The predicted octanol–water partition coefficient (Wildman–Crippen LogP) is 5.67. The molecule has 0 N–H and O–H groups in total. The van der Waals surface area contributed by atoms with Crippen molar-refractivity contribution in [2.45, 2.75) is 44.1 Å². The highest BCUT2D eigenvalue weighted by Gasteiger charge is 2.45. The van der Waals surface area contributed by atoms with Gasteiger partial charge >= 0.3 is 0 Å². The number of fused-ring (bicyclic) bond motifs is 2. The van der Waals surface area contributed by atoms with Gasteiger partial charge in [0.05, 0.1) is 10.0 Å². The summed E-state index contributed by atoms with van der Waals surface area (Å²) in [5.74, 6) is 0.691. The number of para-hydroxylation sites is 1. The quantitative estimate of drug-likeness (QED) is 0.627. The highest BCUT2D eigenvalue weighted by atomic mass is 35.5. The minimum Gasteiger partial charge on any atom is -0.366 e. The standard InChI is InChI=1S/C24H26Cl2N2O/c25-20-9-8-17(14-21(20)26)15-28-16-24(19-6-1-2-7-22(19)28)10-12-27(13-11-24)23(29)18-4-3-5-18/h1-2,6-9,14,18H,3-5,10-13,15-16H2. The molecule has 2 heterocycles. The molecule has 0 aromatic heterocycles. The highest BCUT2D eigenvalue weighted by molar-refractivity contribution is 6.42. The van der Waals surface area contributed by atoms with Crippen LogP contribution in [0.3, 0.4) is 0 Å². The Morgan fingerprint density at radius 2 is 1.79 bits per heavy atom. The molecule has 2 fully saturated rings. The summed E-state index contributed by atoms with van der Waals surface area (Å²) in [6, 6.07) is 14.7. The molecule has 152 valence electrons. The zero-order valence-electron chi connectivity index (χ0n) is 16.5. The van der Waals surface area contributed by atoms with Gasteiger partial charge in [0, 0.05) is 43.2 Å². The van der Waals surface area contributed by atoms with Gasteiger partial charge in [-0.15, -0.1) is 0 Å². The van der Waals surface area contributed by atoms with E-state index in [0.29, 0.717) is 21.9 Å². The lowest BCUT2D eigenvalue weighted by Gasteiger charge is -2.42. The summed E-state index contributed by atoms with van der Waals surface area (Å²) in [5, 5.41) is 1.20. The van der Waals surface area contributed by atoms with Crippen LogP contribution in [0, 0.1) is 5.92 Å². The summed E-state index contributed by atoms with van der Waals surface area (Å²) >= 11 is 12.3. The summed E-state index contributed by atoms with van der Waals surface area (Å²) < 4.78 is 0. The number of rotatable bonds is 3. The van der Waals surface area contributed by atoms with Gasteiger partial charge < -0.3 is 9.80 Å². The smallest absolute Gasteiger partial charge is 0.225 e. The first-order chi connectivity index (χ1) is 14.1. The molecule has 1 saturated carbocycles. The van der Waals surface area contributed by atoms with Gasteiger partial charge in [-0.3, -0.25) is 4.79 Å². The van der Waals surface area contributed by atoms with Crippen LogP contribution in [0.25, 0.3) is 0 Å². The van der Waals surface area contributed by atoms with E-state index in [-0.39, 0.29) is 5.41 Å². The van der Waals surface area contributed by atoms with Crippen LogP contribution in [0.4, 0.5) is 5.69 Å². The molecule has 2 aromatic carbocycles. The number of benzene rings is 2. The molecule has 29 heavy (non-hydrogen) atoms. The lowest BCUT2D eigenvalue weighted by molar-refractivity contribution is -0.139. The molecule has 2 aromatic rings. The number of amides is 1. The van der Waals surface area contributed by atoms with Crippen molar-refractivity contribution in [3.8, 4) is 0 Å². The molecule has 0 atom stereocenters. The summed E-state index contributed by atoms with van der Waals surface area (Å²) in [6.45, 7) is 3.58. The minimum absolute atomic E-state index is 0.142. The molecule has 5 rings (SSSR count). The fraction of sp³-hybridized carbons (Fsp3) is 0.458. The molecule has 0 bridgehead atoms. The Bertz CT molecular complexity index is 932. The summed E-state index contributed by atoms with van der Waals surface area (Å²) in [7, 11) is 0. The second-order valence-corrected chi connectivity index (χ2v) is 9.67. The second-order valence-electron chi connectivity index (χ2n) is 8.86. The Kier molecular flexibility index (Phi) is 4.99. The van der Waals surface area contributed by atoms with E-state index < -0.39 is 0 Å².